The highest BCUT2D eigenvalue weighted by molar-refractivity contribution is 9.10. The molecular weight excluding hydrogens is 594 g/mol. The Morgan fingerprint density at radius 1 is 1.09 bits per heavy atom. The molecule has 0 aliphatic carbocycles. The van der Waals surface area contributed by atoms with Crippen LogP contribution in [-0.4, -0.2) is 29.1 Å². The summed E-state index contributed by atoms with van der Waals surface area (Å²) in [6.45, 7) is 0.175. The van der Waals surface area contributed by atoms with Crippen LogP contribution in [0.1, 0.15) is 20.8 Å². The monoisotopic (exact) mass is 607 g/mol. The minimum Gasteiger partial charge on any atom is -0.493 e. The first-order valence-corrected chi connectivity index (χ1v) is 12.8. The molecule has 1 aliphatic heterocycles. The number of thiophene rings is 1. The third-order valence-electron chi connectivity index (χ3n) is 4.63. The number of carbonyl (C=O) groups is 3. The molecule has 2 amide bonds. The molecule has 1 aromatic heterocycles. The Kier molecular flexibility index (Phi) is 7.38. The average molecular weight is 609 g/mol. The molecule has 0 unspecified atom stereocenters. The van der Waals surface area contributed by atoms with Crippen molar-refractivity contribution in [3.05, 3.63) is 83.8 Å². The zero-order valence-corrected chi connectivity index (χ0v) is 21.8. The molecule has 2 aromatic carbocycles. The van der Waals surface area contributed by atoms with Crippen molar-refractivity contribution >= 4 is 78.2 Å². The van der Waals surface area contributed by atoms with Gasteiger partial charge in [0.1, 0.15) is 4.88 Å². The molecule has 3 aromatic rings. The molecule has 0 spiro atoms. The Balaban J connectivity index is 1.58. The molecule has 0 saturated carbocycles. The molecular formula is C23H15Br2NO5S2. The summed E-state index contributed by atoms with van der Waals surface area (Å²) in [5.74, 6) is -0.322. The maximum atomic E-state index is 12.9. The van der Waals surface area contributed by atoms with E-state index < -0.39 is 5.97 Å². The first-order chi connectivity index (χ1) is 15.9. The van der Waals surface area contributed by atoms with Crippen LogP contribution >= 0.6 is 55.0 Å². The first kappa shape index (κ1) is 23.7. The molecule has 1 saturated heterocycles. The lowest BCUT2D eigenvalue weighted by Gasteiger charge is -2.13. The zero-order valence-electron chi connectivity index (χ0n) is 17.0. The van der Waals surface area contributed by atoms with Gasteiger partial charge in [0.25, 0.3) is 11.1 Å². The quantitative estimate of drug-likeness (QED) is 0.175. The van der Waals surface area contributed by atoms with Crippen molar-refractivity contribution in [3.8, 4) is 11.5 Å². The Morgan fingerprint density at radius 3 is 2.58 bits per heavy atom. The number of nitrogens with zero attached hydrogens (tertiary/aromatic N) is 1. The second-order valence-corrected chi connectivity index (χ2v) is 10.4. The molecule has 168 valence electrons. The molecule has 2 heterocycles. The third kappa shape index (κ3) is 5.24. The lowest BCUT2D eigenvalue weighted by Crippen LogP contribution is -2.27. The number of hydrogen-bond donors (Lipinski definition) is 0. The third-order valence-corrected chi connectivity index (χ3v) is 7.75. The van der Waals surface area contributed by atoms with Crippen LogP contribution in [0.3, 0.4) is 0 Å². The van der Waals surface area contributed by atoms with Gasteiger partial charge in [-0.25, -0.2) is 4.79 Å². The average Bonchev–Trinajstić information content (AvgIpc) is 3.42. The highest BCUT2D eigenvalue weighted by atomic mass is 79.9. The Labute approximate surface area is 214 Å². The highest BCUT2D eigenvalue weighted by Gasteiger charge is 2.35. The summed E-state index contributed by atoms with van der Waals surface area (Å²) in [5.41, 5.74) is 1.45. The van der Waals surface area contributed by atoms with Gasteiger partial charge in [0.05, 0.1) is 23.0 Å². The Morgan fingerprint density at radius 2 is 1.88 bits per heavy atom. The molecule has 33 heavy (non-hydrogen) atoms. The van der Waals surface area contributed by atoms with Crippen LogP contribution in [0.15, 0.2) is 67.8 Å². The van der Waals surface area contributed by atoms with E-state index in [1.807, 2.05) is 24.3 Å². The summed E-state index contributed by atoms with van der Waals surface area (Å²) in [5, 5.41) is 1.45. The number of methoxy groups -OCH3 is 1. The minimum absolute atomic E-state index is 0.175. The van der Waals surface area contributed by atoms with Gasteiger partial charge < -0.3 is 9.47 Å². The Bertz CT molecular complexity index is 1270. The van der Waals surface area contributed by atoms with Crippen LogP contribution in [-0.2, 0) is 11.3 Å². The fraction of sp³-hybridized carbons (Fsp3) is 0.0870. The van der Waals surface area contributed by atoms with E-state index in [2.05, 4.69) is 31.9 Å². The summed E-state index contributed by atoms with van der Waals surface area (Å²) < 4.78 is 12.2. The van der Waals surface area contributed by atoms with Gasteiger partial charge in [0.15, 0.2) is 11.5 Å². The van der Waals surface area contributed by atoms with Crippen LogP contribution in [0, 0.1) is 0 Å². The number of ether oxygens (including phenoxy) is 2. The molecule has 6 nitrogen and oxygen atoms in total. The molecule has 1 fully saturated rings. The summed E-state index contributed by atoms with van der Waals surface area (Å²) in [6.07, 6.45) is 1.61. The number of benzene rings is 2. The van der Waals surface area contributed by atoms with Gasteiger partial charge in [0, 0.05) is 4.47 Å². The number of imide groups is 1. The topological polar surface area (TPSA) is 72.9 Å². The van der Waals surface area contributed by atoms with E-state index in [0.29, 0.717) is 25.6 Å². The largest absolute Gasteiger partial charge is 0.493 e. The Hall–Kier alpha value is -2.40. The van der Waals surface area contributed by atoms with E-state index in [1.54, 1.807) is 35.7 Å². The van der Waals surface area contributed by atoms with Crippen molar-refractivity contribution in [2.45, 2.75) is 6.54 Å². The summed E-state index contributed by atoms with van der Waals surface area (Å²) in [6, 6.07) is 14.2. The molecule has 4 rings (SSSR count). The SMILES string of the molecule is COc1cc(/C=C2\SC(=O)N(Cc3ccccc3Br)C2=O)cc(Br)c1OC(=O)c1cccs1. The number of thioether (sulfide) groups is 1. The van der Waals surface area contributed by atoms with Gasteiger partial charge in [0.2, 0.25) is 0 Å². The van der Waals surface area contributed by atoms with Gasteiger partial charge in [-0.3, -0.25) is 14.5 Å². The van der Waals surface area contributed by atoms with Crippen molar-refractivity contribution in [3.63, 3.8) is 0 Å². The number of halogens is 2. The lowest BCUT2D eigenvalue weighted by molar-refractivity contribution is -0.123. The summed E-state index contributed by atoms with van der Waals surface area (Å²) in [7, 11) is 1.46. The van der Waals surface area contributed by atoms with Gasteiger partial charge in [-0.2, -0.15) is 0 Å². The molecule has 0 bridgehead atoms. The van der Waals surface area contributed by atoms with Crippen LogP contribution in [0.25, 0.3) is 6.08 Å². The fourth-order valence-corrected chi connectivity index (χ4v) is 5.43. The van der Waals surface area contributed by atoms with Gasteiger partial charge in [-0.05, 0) is 74.5 Å². The predicted molar refractivity (Wildman–Crippen MR) is 136 cm³/mol. The predicted octanol–water partition coefficient (Wildman–Crippen LogP) is 6.74. The number of amides is 2. The van der Waals surface area contributed by atoms with Gasteiger partial charge >= 0.3 is 5.97 Å². The number of rotatable bonds is 6. The zero-order chi connectivity index (χ0) is 23.5. The summed E-state index contributed by atoms with van der Waals surface area (Å²) >= 11 is 9.01. The molecule has 0 radical (unpaired) electrons. The number of carbonyl (C=O) groups excluding carboxylic acids is 3. The maximum absolute atomic E-state index is 12.9. The second kappa shape index (κ2) is 10.3. The highest BCUT2D eigenvalue weighted by Crippen LogP contribution is 2.40. The van der Waals surface area contributed by atoms with E-state index in [4.69, 9.17) is 9.47 Å². The lowest BCUT2D eigenvalue weighted by atomic mass is 10.1. The van der Waals surface area contributed by atoms with E-state index in [1.165, 1.54) is 23.3 Å². The molecule has 0 N–H and O–H groups in total. The maximum Gasteiger partial charge on any atom is 0.353 e. The standard InChI is InChI=1S/C23H15Br2NO5S2/c1-30-17-10-13(9-16(25)20(17)31-22(28)18-7-4-8-32-18)11-19-21(27)26(23(29)33-19)12-14-5-2-3-6-15(14)24/h2-11H,12H2,1H3/b19-11-. The van der Waals surface area contributed by atoms with Crippen LogP contribution in [0.5, 0.6) is 11.5 Å². The van der Waals surface area contributed by atoms with Crippen molar-refractivity contribution in [1.82, 2.24) is 4.90 Å². The summed E-state index contributed by atoms with van der Waals surface area (Å²) in [4.78, 5) is 39.7. The smallest absolute Gasteiger partial charge is 0.353 e. The van der Waals surface area contributed by atoms with Crippen LogP contribution in [0.4, 0.5) is 4.79 Å². The minimum atomic E-state index is -0.495. The van der Waals surface area contributed by atoms with Gasteiger partial charge in [-0.15, -0.1) is 11.3 Å². The molecule has 10 heteroatoms. The van der Waals surface area contributed by atoms with Crippen LogP contribution < -0.4 is 9.47 Å². The molecule has 0 atom stereocenters. The van der Waals surface area contributed by atoms with Crippen molar-refractivity contribution < 1.29 is 23.9 Å². The van der Waals surface area contributed by atoms with E-state index >= 15 is 0 Å². The fourth-order valence-electron chi connectivity index (χ4n) is 3.04. The second-order valence-electron chi connectivity index (χ2n) is 6.76. The van der Waals surface area contributed by atoms with E-state index in [0.717, 1.165) is 21.8 Å². The number of esters is 1. The van der Waals surface area contributed by atoms with E-state index in [-0.39, 0.29) is 23.4 Å². The molecule has 1 aliphatic rings. The number of hydrogen-bond acceptors (Lipinski definition) is 7. The normalized spacial score (nSPS) is 14.8. The first-order valence-electron chi connectivity index (χ1n) is 9.49. The van der Waals surface area contributed by atoms with Crippen molar-refractivity contribution in [1.29, 1.82) is 0 Å². The van der Waals surface area contributed by atoms with Gasteiger partial charge in [-0.1, -0.05) is 40.2 Å². The van der Waals surface area contributed by atoms with E-state index in [9.17, 15) is 14.4 Å². The van der Waals surface area contributed by atoms with Crippen molar-refractivity contribution in [2.24, 2.45) is 0 Å². The van der Waals surface area contributed by atoms with Crippen molar-refractivity contribution in [2.75, 3.05) is 7.11 Å². The van der Waals surface area contributed by atoms with Crippen LogP contribution in [0.2, 0.25) is 0 Å².